The van der Waals surface area contributed by atoms with Crippen molar-refractivity contribution in [2.75, 3.05) is 5.32 Å². The molecule has 0 aliphatic heterocycles. The van der Waals surface area contributed by atoms with Crippen LogP contribution in [0.3, 0.4) is 0 Å². The molecule has 3 heteroatoms. The van der Waals surface area contributed by atoms with E-state index in [0.717, 1.165) is 53.2 Å². The molecule has 6 rings (SSSR count). The third-order valence-electron chi connectivity index (χ3n) is 8.26. The van der Waals surface area contributed by atoms with Gasteiger partial charge in [-0.15, -0.1) is 0 Å². The molecule has 0 amide bonds. The number of hydrogen-bond donors (Lipinski definition) is 1. The predicted octanol–water partition coefficient (Wildman–Crippen LogP) is 10.7. The van der Waals surface area contributed by atoms with Gasteiger partial charge in [0.25, 0.3) is 0 Å². The zero-order valence-corrected chi connectivity index (χ0v) is 25.3. The van der Waals surface area contributed by atoms with Crippen LogP contribution in [0.15, 0.2) is 139 Å². The highest BCUT2D eigenvalue weighted by molar-refractivity contribution is 6.03. The standard InChI is InChI=1S/C41H37N3/c1-5-8-16-34(7-3)43-39-27-33-28-41-37(26-32(33)25-30(39)6-2)36-17-12-13-18-40(36)44(41)35-22-19-29(20-23-35)21-24-38(42-4)31-14-10-9-11-15-31/h5-11,13-16,18-20,22-28,43H,1-2,4,12,17,21H2,3H3/b16-8-,34-7+,38-24-. The van der Waals surface area contributed by atoms with Crippen LogP contribution in [-0.2, 0) is 12.8 Å². The second-order valence-electron chi connectivity index (χ2n) is 10.9. The molecule has 0 atom stereocenters. The minimum absolute atomic E-state index is 0.788. The van der Waals surface area contributed by atoms with Crippen molar-refractivity contribution in [3.63, 3.8) is 0 Å². The maximum Gasteiger partial charge on any atom is 0.0658 e. The molecule has 0 bridgehead atoms. The predicted molar refractivity (Wildman–Crippen MR) is 193 cm³/mol. The van der Waals surface area contributed by atoms with Gasteiger partial charge in [0.15, 0.2) is 0 Å². The minimum Gasteiger partial charge on any atom is -0.355 e. The Labute approximate surface area is 260 Å². The van der Waals surface area contributed by atoms with Crippen LogP contribution in [0.1, 0.15) is 41.3 Å². The van der Waals surface area contributed by atoms with E-state index in [-0.39, 0.29) is 0 Å². The van der Waals surface area contributed by atoms with Crippen molar-refractivity contribution in [3.05, 3.63) is 162 Å². The largest absolute Gasteiger partial charge is 0.355 e. The molecule has 0 radical (unpaired) electrons. The van der Waals surface area contributed by atoms with Crippen molar-refractivity contribution in [1.29, 1.82) is 0 Å². The molecule has 4 aromatic carbocycles. The van der Waals surface area contributed by atoms with E-state index >= 15 is 0 Å². The molecule has 1 N–H and O–H groups in total. The molecule has 0 spiro atoms. The third-order valence-corrected chi connectivity index (χ3v) is 8.26. The number of benzene rings is 4. The first-order valence-corrected chi connectivity index (χ1v) is 15.1. The van der Waals surface area contributed by atoms with Crippen LogP contribution in [0.2, 0.25) is 0 Å². The van der Waals surface area contributed by atoms with E-state index in [1.54, 1.807) is 6.08 Å². The fourth-order valence-electron chi connectivity index (χ4n) is 6.02. The zero-order chi connectivity index (χ0) is 30.5. The van der Waals surface area contributed by atoms with E-state index in [0.29, 0.717) is 0 Å². The number of hydrogen-bond acceptors (Lipinski definition) is 2. The summed E-state index contributed by atoms with van der Waals surface area (Å²) < 4.78 is 2.42. The minimum atomic E-state index is 0.788. The smallest absolute Gasteiger partial charge is 0.0658 e. The highest BCUT2D eigenvalue weighted by atomic mass is 15.0. The third kappa shape index (κ3) is 5.65. The Morgan fingerprint density at radius 2 is 1.77 bits per heavy atom. The molecule has 44 heavy (non-hydrogen) atoms. The van der Waals surface area contributed by atoms with Crippen LogP contribution in [0.25, 0.3) is 45.2 Å². The summed E-state index contributed by atoms with van der Waals surface area (Å²) >= 11 is 0. The number of allylic oxidation sites excluding steroid dienone is 6. The Bertz CT molecular complexity index is 1990. The Balaban J connectivity index is 1.41. The summed E-state index contributed by atoms with van der Waals surface area (Å²) in [4.78, 5) is 4.27. The SMILES string of the molecule is C=C/C=C\C(=C/C)Nc1cc2cc3c(cc2cc1C=C)c1c(n3-c2ccc(C/C=C(\N=C)c3ccccc3)cc2)C=CCC1. The average molecular weight is 572 g/mol. The second kappa shape index (κ2) is 12.8. The van der Waals surface area contributed by atoms with E-state index in [1.165, 1.54) is 38.5 Å². The Morgan fingerprint density at radius 3 is 2.50 bits per heavy atom. The number of aromatic nitrogens is 1. The van der Waals surface area contributed by atoms with E-state index < -0.39 is 0 Å². The first-order valence-electron chi connectivity index (χ1n) is 15.1. The molecule has 1 aromatic heterocycles. The van der Waals surface area contributed by atoms with Gasteiger partial charge < -0.3 is 9.88 Å². The van der Waals surface area contributed by atoms with Gasteiger partial charge in [-0.05, 0) is 114 Å². The van der Waals surface area contributed by atoms with Gasteiger partial charge >= 0.3 is 0 Å². The summed E-state index contributed by atoms with van der Waals surface area (Å²) in [6, 6.07) is 28.3. The molecule has 1 aliphatic rings. The van der Waals surface area contributed by atoms with Gasteiger partial charge in [-0.2, -0.15) is 0 Å². The molecule has 1 heterocycles. The van der Waals surface area contributed by atoms with Crippen LogP contribution in [0, 0.1) is 0 Å². The number of nitrogens with one attached hydrogen (secondary N) is 1. The summed E-state index contributed by atoms with van der Waals surface area (Å²) in [6.07, 6.45) is 19.3. The summed E-state index contributed by atoms with van der Waals surface area (Å²) in [5, 5.41) is 7.29. The number of anilines is 1. The van der Waals surface area contributed by atoms with Crippen molar-refractivity contribution < 1.29 is 0 Å². The fraction of sp³-hybridized carbons (Fsp3) is 0.0976. The Hall–Kier alpha value is -5.41. The van der Waals surface area contributed by atoms with Crippen LogP contribution >= 0.6 is 0 Å². The van der Waals surface area contributed by atoms with Crippen LogP contribution in [0.4, 0.5) is 5.69 Å². The maximum absolute atomic E-state index is 4.27. The molecule has 5 aromatic rings. The van der Waals surface area contributed by atoms with E-state index in [1.807, 2.05) is 43.4 Å². The number of aliphatic imine (C=N–C) groups is 1. The number of fused-ring (bicyclic) bond motifs is 4. The number of aryl methyl sites for hydroxylation is 1. The summed E-state index contributed by atoms with van der Waals surface area (Å²) in [5.41, 5.74) is 11.4. The lowest BCUT2D eigenvalue weighted by atomic mass is 9.97. The van der Waals surface area contributed by atoms with Crippen LogP contribution < -0.4 is 5.32 Å². The molecule has 0 saturated carbocycles. The molecule has 0 saturated heterocycles. The van der Waals surface area contributed by atoms with Gasteiger partial charge in [0.05, 0.1) is 11.2 Å². The Kier molecular flexibility index (Phi) is 8.38. The summed E-state index contributed by atoms with van der Waals surface area (Å²) in [6.45, 7) is 13.7. The Morgan fingerprint density at radius 1 is 0.977 bits per heavy atom. The van der Waals surface area contributed by atoms with Gasteiger partial charge in [0.1, 0.15) is 0 Å². The van der Waals surface area contributed by atoms with Gasteiger partial charge in [-0.1, -0.05) is 92.1 Å². The quantitative estimate of drug-likeness (QED) is 0.131. The molecule has 1 aliphatic carbocycles. The average Bonchev–Trinajstić information content (AvgIpc) is 3.39. The van der Waals surface area contributed by atoms with Gasteiger partial charge in [0.2, 0.25) is 0 Å². The van der Waals surface area contributed by atoms with Crippen molar-refractivity contribution in [2.24, 2.45) is 4.99 Å². The van der Waals surface area contributed by atoms with Gasteiger partial charge in [0, 0.05) is 28.2 Å². The lowest BCUT2D eigenvalue weighted by Crippen LogP contribution is -2.00. The van der Waals surface area contributed by atoms with Crippen LogP contribution in [0.5, 0.6) is 0 Å². The van der Waals surface area contributed by atoms with Crippen molar-refractivity contribution in [2.45, 2.75) is 26.2 Å². The lowest BCUT2D eigenvalue weighted by molar-refractivity contribution is 0.967. The molecular weight excluding hydrogens is 534 g/mol. The summed E-state index contributed by atoms with van der Waals surface area (Å²) in [7, 11) is 0. The topological polar surface area (TPSA) is 29.3 Å². The monoisotopic (exact) mass is 571 g/mol. The highest BCUT2D eigenvalue weighted by Gasteiger charge is 2.19. The van der Waals surface area contributed by atoms with E-state index in [9.17, 15) is 0 Å². The zero-order valence-electron chi connectivity index (χ0n) is 25.3. The molecule has 0 fully saturated rings. The van der Waals surface area contributed by atoms with Crippen molar-refractivity contribution in [1.82, 2.24) is 4.57 Å². The lowest BCUT2D eigenvalue weighted by Gasteiger charge is -2.14. The maximum atomic E-state index is 4.27. The molecule has 3 nitrogen and oxygen atoms in total. The van der Waals surface area contributed by atoms with E-state index in [2.05, 4.69) is 120 Å². The molecular formula is C41H37N3. The van der Waals surface area contributed by atoms with Gasteiger partial charge in [-0.3, -0.25) is 4.99 Å². The first kappa shape index (κ1) is 28.7. The second-order valence-corrected chi connectivity index (χ2v) is 10.9. The number of rotatable bonds is 10. The summed E-state index contributed by atoms with van der Waals surface area (Å²) in [5.74, 6) is 0. The molecule has 216 valence electrons. The molecule has 0 unspecified atom stereocenters. The number of nitrogens with zero attached hydrogens (tertiary/aromatic N) is 2. The highest BCUT2D eigenvalue weighted by Crippen LogP contribution is 2.38. The van der Waals surface area contributed by atoms with Crippen molar-refractivity contribution in [3.8, 4) is 5.69 Å². The van der Waals surface area contributed by atoms with E-state index in [4.69, 9.17) is 0 Å². The normalized spacial score (nSPS) is 13.4. The van der Waals surface area contributed by atoms with Gasteiger partial charge in [-0.25, -0.2) is 0 Å². The fourth-order valence-corrected chi connectivity index (χ4v) is 6.02. The van der Waals surface area contributed by atoms with Crippen molar-refractivity contribution >= 4 is 51.9 Å². The first-order chi connectivity index (χ1) is 21.6. The van der Waals surface area contributed by atoms with Crippen LogP contribution in [-0.4, -0.2) is 11.3 Å².